The van der Waals surface area contributed by atoms with Gasteiger partial charge >= 0.3 is 0 Å². The van der Waals surface area contributed by atoms with Gasteiger partial charge in [-0.15, -0.1) is 0 Å². The van der Waals surface area contributed by atoms with E-state index in [0.29, 0.717) is 5.95 Å². The number of rotatable bonds is 3. The summed E-state index contributed by atoms with van der Waals surface area (Å²) in [5.74, 6) is 2.31. The maximum atomic E-state index is 6.30. The highest BCUT2D eigenvalue weighted by Crippen LogP contribution is 2.32. The molecule has 1 fully saturated rings. The zero-order valence-electron chi connectivity index (χ0n) is 12.0. The number of nitrogen functional groups attached to an aromatic ring is 1. The SMILES string of the molecule is CC1CCC(CCn2c(N)nc3cccc(Cl)c32)CC1. The third-order valence-corrected chi connectivity index (χ3v) is 4.95. The number of para-hydroxylation sites is 1. The molecule has 1 aromatic heterocycles. The minimum Gasteiger partial charge on any atom is -0.369 e. The second-order valence-electron chi connectivity index (χ2n) is 6.14. The van der Waals surface area contributed by atoms with E-state index in [9.17, 15) is 0 Å². The highest BCUT2D eigenvalue weighted by molar-refractivity contribution is 6.35. The molecule has 2 aromatic rings. The molecule has 1 heterocycles. The molecule has 1 aromatic carbocycles. The van der Waals surface area contributed by atoms with Gasteiger partial charge in [-0.25, -0.2) is 4.98 Å². The average molecular weight is 292 g/mol. The Balaban J connectivity index is 1.76. The Hall–Kier alpha value is -1.22. The summed E-state index contributed by atoms with van der Waals surface area (Å²) < 4.78 is 2.08. The van der Waals surface area contributed by atoms with Crippen LogP contribution in [-0.2, 0) is 6.54 Å². The van der Waals surface area contributed by atoms with Crippen molar-refractivity contribution < 1.29 is 0 Å². The molecular formula is C16H22ClN3. The first kappa shape index (κ1) is 13.7. The predicted molar refractivity (Wildman–Crippen MR) is 84.9 cm³/mol. The fraction of sp³-hybridized carbons (Fsp3) is 0.562. The monoisotopic (exact) mass is 291 g/mol. The molecular weight excluding hydrogens is 270 g/mol. The summed E-state index contributed by atoms with van der Waals surface area (Å²) in [5.41, 5.74) is 7.93. The van der Waals surface area contributed by atoms with Crippen molar-refractivity contribution in [3.05, 3.63) is 23.2 Å². The van der Waals surface area contributed by atoms with E-state index in [4.69, 9.17) is 17.3 Å². The van der Waals surface area contributed by atoms with Crippen LogP contribution in [0, 0.1) is 11.8 Å². The van der Waals surface area contributed by atoms with Crippen molar-refractivity contribution in [2.75, 3.05) is 5.73 Å². The Bertz CT molecular complexity index is 597. The van der Waals surface area contributed by atoms with Crippen LogP contribution in [0.5, 0.6) is 0 Å². The molecule has 0 aliphatic heterocycles. The molecule has 1 aliphatic rings. The summed E-state index contributed by atoms with van der Waals surface area (Å²) in [4.78, 5) is 4.41. The molecule has 4 heteroatoms. The van der Waals surface area contributed by atoms with E-state index < -0.39 is 0 Å². The first-order valence-electron chi connectivity index (χ1n) is 7.55. The van der Waals surface area contributed by atoms with Crippen molar-refractivity contribution in [1.29, 1.82) is 0 Å². The minimum absolute atomic E-state index is 0.581. The van der Waals surface area contributed by atoms with Crippen LogP contribution in [0.1, 0.15) is 39.0 Å². The molecule has 1 saturated carbocycles. The zero-order chi connectivity index (χ0) is 14.1. The number of hydrogen-bond donors (Lipinski definition) is 1. The lowest BCUT2D eigenvalue weighted by Crippen LogP contribution is -2.15. The number of aryl methyl sites for hydroxylation is 1. The smallest absolute Gasteiger partial charge is 0.201 e. The molecule has 3 rings (SSSR count). The van der Waals surface area contributed by atoms with E-state index in [1.54, 1.807) is 0 Å². The van der Waals surface area contributed by atoms with Crippen LogP contribution >= 0.6 is 11.6 Å². The van der Waals surface area contributed by atoms with Crippen LogP contribution in [0.3, 0.4) is 0 Å². The van der Waals surface area contributed by atoms with E-state index in [2.05, 4.69) is 16.5 Å². The fourth-order valence-corrected chi connectivity index (χ4v) is 3.59. The van der Waals surface area contributed by atoms with Crippen molar-refractivity contribution in [1.82, 2.24) is 9.55 Å². The van der Waals surface area contributed by atoms with E-state index in [1.165, 1.54) is 32.1 Å². The van der Waals surface area contributed by atoms with Gasteiger partial charge in [0.25, 0.3) is 0 Å². The highest BCUT2D eigenvalue weighted by atomic mass is 35.5. The summed E-state index contributed by atoms with van der Waals surface area (Å²) in [6.45, 7) is 3.28. The van der Waals surface area contributed by atoms with E-state index in [0.717, 1.165) is 34.4 Å². The average Bonchev–Trinajstić information content (AvgIpc) is 2.75. The molecule has 1 aliphatic carbocycles. The number of nitrogens with two attached hydrogens (primary N) is 1. The quantitative estimate of drug-likeness (QED) is 0.905. The number of hydrogen-bond acceptors (Lipinski definition) is 2. The van der Waals surface area contributed by atoms with Gasteiger partial charge < -0.3 is 10.3 Å². The largest absolute Gasteiger partial charge is 0.369 e. The number of halogens is 1. The molecule has 0 atom stereocenters. The van der Waals surface area contributed by atoms with Gasteiger partial charge in [0.2, 0.25) is 5.95 Å². The number of anilines is 1. The van der Waals surface area contributed by atoms with Gasteiger partial charge in [-0.05, 0) is 30.4 Å². The topological polar surface area (TPSA) is 43.8 Å². The molecule has 2 N–H and O–H groups in total. The van der Waals surface area contributed by atoms with Gasteiger partial charge in [0, 0.05) is 6.54 Å². The standard InChI is InChI=1S/C16H22ClN3/c1-11-5-7-12(8-6-11)9-10-20-15-13(17)3-2-4-14(15)19-16(20)18/h2-4,11-12H,5-10H2,1H3,(H2,18,19). The Morgan fingerprint density at radius 2 is 2.05 bits per heavy atom. The summed E-state index contributed by atoms with van der Waals surface area (Å²) in [5, 5.41) is 0.740. The Labute approximate surface area is 125 Å². The number of aromatic nitrogens is 2. The molecule has 0 bridgehead atoms. The van der Waals surface area contributed by atoms with Gasteiger partial charge in [0.05, 0.1) is 16.1 Å². The molecule has 0 spiro atoms. The number of benzene rings is 1. The molecule has 108 valence electrons. The van der Waals surface area contributed by atoms with Gasteiger partial charge in [-0.1, -0.05) is 50.3 Å². The van der Waals surface area contributed by atoms with Gasteiger partial charge in [0.15, 0.2) is 0 Å². The van der Waals surface area contributed by atoms with Crippen LogP contribution in [0.4, 0.5) is 5.95 Å². The summed E-state index contributed by atoms with van der Waals surface area (Å²) in [6.07, 6.45) is 6.60. The second kappa shape index (κ2) is 5.65. The van der Waals surface area contributed by atoms with Crippen molar-refractivity contribution in [2.45, 2.75) is 45.6 Å². The van der Waals surface area contributed by atoms with Crippen molar-refractivity contribution in [2.24, 2.45) is 11.8 Å². The van der Waals surface area contributed by atoms with Crippen molar-refractivity contribution in [3.63, 3.8) is 0 Å². The Morgan fingerprint density at radius 1 is 1.30 bits per heavy atom. The number of imidazole rings is 1. The molecule has 3 nitrogen and oxygen atoms in total. The molecule has 20 heavy (non-hydrogen) atoms. The predicted octanol–water partition coefficient (Wildman–Crippen LogP) is 4.49. The summed E-state index contributed by atoms with van der Waals surface area (Å²) in [7, 11) is 0. The highest BCUT2D eigenvalue weighted by Gasteiger charge is 2.19. The Morgan fingerprint density at radius 3 is 2.80 bits per heavy atom. The molecule has 0 saturated heterocycles. The molecule has 0 radical (unpaired) electrons. The lowest BCUT2D eigenvalue weighted by molar-refractivity contribution is 0.270. The van der Waals surface area contributed by atoms with Gasteiger partial charge in [-0.2, -0.15) is 0 Å². The lowest BCUT2D eigenvalue weighted by atomic mass is 9.81. The van der Waals surface area contributed by atoms with Gasteiger partial charge in [0.1, 0.15) is 0 Å². The Kier molecular flexibility index (Phi) is 3.88. The van der Waals surface area contributed by atoms with Crippen LogP contribution < -0.4 is 5.73 Å². The maximum Gasteiger partial charge on any atom is 0.201 e. The molecule has 0 unspecified atom stereocenters. The first-order chi connectivity index (χ1) is 9.65. The third kappa shape index (κ3) is 2.64. The van der Waals surface area contributed by atoms with E-state index in [-0.39, 0.29) is 0 Å². The van der Waals surface area contributed by atoms with Gasteiger partial charge in [-0.3, -0.25) is 0 Å². The number of fused-ring (bicyclic) bond motifs is 1. The zero-order valence-corrected chi connectivity index (χ0v) is 12.7. The van der Waals surface area contributed by atoms with Crippen molar-refractivity contribution >= 4 is 28.6 Å². The lowest BCUT2D eigenvalue weighted by Gasteiger charge is -2.26. The van der Waals surface area contributed by atoms with Crippen LogP contribution in [0.2, 0.25) is 5.02 Å². The van der Waals surface area contributed by atoms with Crippen LogP contribution in [0.15, 0.2) is 18.2 Å². The van der Waals surface area contributed by atoms with Crippen LogP contribution in [0.25, 0.3) is 11.0 Å². The number of nitrogens with zero attached hydrogens (tertiary/aromatic N) is 2. The second-order valence-corrected chi connectivity index (χ2v) is 6.55. The molecule has 0 amide bonds. The first-order valence-corrected chi connectivity index (χ1v) is 7.93. The van der Waals surface area contributed by atoms with E-state index in [1.807, 2.05) is 18.2 Å². The summed E-state index contributed by atoms with van der Waals surface area (Å²) >= 11 is 6.30. The van der Waals surface area contributed by atoms with E-state index >= 15 is 0 Å². The third-order valence-electron chi connectivity index (χ3n) is 4.64. The normalized spacial score (nSPS) is 23.3. The fourth-order valence-electron chi connectivity index (χ4n) is 3.32. The minimum atomic E-state index is 0.581. The maximum absolute atomic E-state index is 6.30. The van der Waals surface area contributed by atoms with Crippen LogP contribution in [-0.4, -0.2) is 9.55 Å². The van der Waals surface area contributed by atoms with Crippen molar-refractivity contribution in [3.8, 4) is 0 Å². The summed E-state index contributed by atoms with van der Waals surface area (Å²) in [6, 6.07) is 5.80.